The smallest absolute Gasteiger partial charge is 0.265 e. The van der Waals surface area contributed by atoms with Gasteiger partial charge in [0.1, 0.15) is 0 Å². The van der Waals surface area contributed by atoms with Gasteiger partial charge in [-0.1, -0.05) is 18.2 Å². The van der Waals surface area contributed by atoms with Crippen LogP contribution in [0.5, 0.6) is 0 Å². The summed E-state index contributed by atoms with van der Waals surface area (Å²) in [5, 5.41) is 30.6. The molecule has 0 aliphatic heterocycles. The summed E-state index contributed by atoms with van der Waals surface area (Å²) in [5.41, 5.74) is -0.239. The Morgan fingerprint density at radius 2 is 2.12 bits per heavy atom. The van der Waals surface area contributed by atoms with Crippen molar-refractivity contribution < 1.29 is 19.7 Å². The van der Waals surface area contributed by atoms with E-state index < -0.39 is 12.0 Å². The van der Waals surface area contributed by atoms with Crippen molar-refractivity contribution in [3.05, 3.63) is 34.4 Å². The molecule has 0 fully saturated rings. The molecule has 6 nitrogen and oxygen atoms in total. The van der Waals surface area contributed by atoms with Gasteiger partial charge < -0.3 is 14.8 Å². The van der Waals surface area contributed by atoms with Gasteiger partial charge in [-0.15, -0.1) is 0 Å². The minimum absolute atomic E-state index is 0.00504. The van der Waals surface area contributed by atoms with Crippen LogP contribution in [0.25, 0.3) is 0 Å². The molecule has 0 unspecified atom stereocenters. The van der Waals surface area contributed by atoms with Gasteiger partial charge in [0, 0.05) is 24.7 Å². The lowest BCUT2D eigenvalue weighted by Gasteiger charge is -2.19. The monoisotopic (exact) mass is 224 g/mol. The summed E-state index contributed by atoms with van der Waals surface area (Å²) in [6.45, 7) is 0.000316. The van der Waals surface area contributed by atoms with Crippen LogP contribution in [0, 0.1) is 10.1 Å². The van der Waals surface area contributed by atoms with Crippen LogP contribution in [-0.2, 0) is 4.65 Å². The van der Waals surface area contributed by atoms with Gasteiger partial charge in [-0.25, -0.2) is 0 Å². The lowest BCUT2D eigenvalue weighted by atomic mass is 9.78. The Morgan fingerprint density at radius 1 is 1.44 bits per heavy atom. The molecule has 1 aromatic rings. The number of nitrogens with zero attached hydrogens (tertiary/aromatic N) is 1. The van der Waals surface area contributed by atoms with Crippen LogP contribution in [-0.4, -0.2) is 30.4 Å². The Balaban J connectivity index is 2.74. The maximum atomic E-state index is 11.5. The lowest BCUT2D eigenvalue weighted by molar-refractivity contribution is -0.384. The zero-order valence-electron chi connectivity index (χ0n) is 8.54. The number of aliphatic hydroxyl groups is 1. The fraction of sp³-hybridized carbons (Fsp3) is 0.333. The van der Waals surface area contributed by atoms with Gasteiger partial charge in [0.2, 0.25) is 7.12 Å². The van der Waals surface area contributed by atoms with Gasteiger partial charge in [0.15, 0.2) is 0 Å². The number of nitro benzene ring substituents is 1. The number of rotatable bonds is 6. The van der Waals surface area contributed by atoms with Gasteiger partial charge in [0.05, 0.1) is 4.92 Å². The zero-order chi connectivity index (χ0) is 12.0. The average Bonchev–Trinajstić information content (AvgIpc) is 2.29. The second-order valence-electron chi connectivity index (χ2n) is 3.10. The van der Waals surface area contributed by atoms with Gasteiger partial charge in [-0.05, 0) is 6.42 Å². The van der Waals surface area contributed by atoms with E-state index in [2.05, 4.69) is 0 Å². The SMILES string of the molecule is O=[N+]([O-])c1ccccc1B([O-])OCCCO. The molecule has 1 aromatic carbocycles. The third kappa shape index (κ3) is 3.30. The Morgan fingerprint density at radius 3 is 2.75 bits per heavy atom. The highest BCUT2D eigenvalue weighted by Gasteiger charge is 2.16. The topological polar surface area (TPSA) is 95.7 Å². The molecule has 1 rings (SSSR count). The Kier molecular flexibility index (Phi) is 4.91. The standard InChI is InChI=1S/C9H11BNO5/c12-6-3-7-16-10(13)8-4-1-2-5-9(8)11(14)15/h1-2,4-5,12H,3,6-7H2/q-1. The predicted molar refractivity (Wildman–Crippen MR) is 56.1 cm³/mol. The quantitative estimate of drug-likeness (QED) is 0.291. The van der Waals surface area contributed by atoms with Crippen molar-refractivity contribution in [3.8, 4) is 0 Å². The number of aliphatic hydroxyl groups excluding tert-OH is 1. The lowest BCUT2D eigenvalue weighted by Crippen LogP contribution is -2.47. The molecule has 0 saturated heterocycles. The summed E-state index contributed by atoms with van der Waals surface area (Å²) in [7, 11) is -1.59. The third-order valence-corrected chi connectivity index (χ3v) is 1.96. The van der Waals surface area contributed by atoms with Crippen molar-refractivity contribution in [2.75, 3.05) is 13.2 Å². The molecule has 0 atom stereocenters. The van der Waals surface area contributed by atoms with Crippen LogP contribution >= 0.6 is 0 Å². The van der Waals surface area contributed by atoms with Crippen LogP contribution in [0.2, 0.25) is 0 Å². The highest BCUT2D eigenvalue weighted by Crippen LogP contribution is 2.06. The first-order valence-corrected chi connectivity index (χ1v) is 4.78. The summed E-state index contributed by atoms with van der Waals surface area (Å²) in [5.74, 6) is 0. The molecule has 0 aromatic heterocycles. The molecule has 0 spiro atoms. The summed E-state index contributed by atoms with van der Waals surface area (Å²) in [4.78, 5) is 10.0. The first-order chi connectivity index (χ1) is 7.66. The average molecular weight is 224 g/mol. The van der Waals surface area contributed by atoms with Crippen molar-refractivity contribution in [1.29, 1.82) is 0 Å². The van der Waals surface area contributed by atoms with E-state index in [0.717, 1.165) is 0 Å². The van der Waals surface area contributed by atoms with Crippen LogP contribution < -0.4 is 10.5 Å². The first-order valence-electron chi connectivity index (χ1n) is 4.78. The Hall–Kier alpha value is -1.44. The largest absolute Gasteiger partial charge is 0.852 e. The summed E-state index contributed by atoms with van der Waals surface area (Å²) in [6.07, 6.45) is 0.333. The molecule has 0 radical (unpaired) electrons. The Labute approximate surface area is 92.8 Å². The summed E-state index contributed by atoms with van der Waals surface area (Å²) < 4.78 is 4.84. The van der Waals surface area contributed by atoms with E-state index in [1.807, 2.05) is 0 Å². The fourth-order valence-electron chi connectivity index (χ4n) is 1.20. The fourth-order valence-corrected chi connectivity index (χ4v) is 1.20. The molecule has 86 valence electrons. The maximum absolute atomic E-state index is 11.5. The highest BCUT2D eigenvalue weighted by molar-refractivity contribution is 6.59. The molecule has 0 bridgehead atoms. The number of benzene rings is 1. The molecule has 0 aliphatic rings. The molecule has 7 heteroatoms. The van der Waals surface area contributed by atoms with Crippen molar-refractivity contribution in [1.82, 2.24) is 0 Å². The number of hydrogen-bond donors (Lipinski definition) is 1. The van der Waals surface area contributed by atoms with E-state index in [-0.39, 0.29) is 24.4 Å². The maximum Gasteiger partial charge on any atom is 0.265 e. The highest BCUT2D eigenvalue weighted by atomic mass is 16.6. The normalized spacial score (nSPS) is 10.1. The predicted octanol–water partition coefficient (Wildman–Crippen LogP) is -0.951. The van der Waals surface area contributed by atoms with Crippen molar-refractivity contribution in [3.63, 3.8) is 0 Å². The second-order valence-corrected chi connectivity index (χ2v) is 3.10. The van der Waals surface area contributed by atoms with Gasteiger partial charge >= 0.3 is 0 Å². The van der Waals surface area contributed by atoms with E-state index in [0.29, 0.717) is 6.42 Å². The van der Waals surface area contributed by atoms with E-state index in [9.17, 15) is 15.1 Å². The number of hydrogen-bond acceptors (Lipinski definition) is 5. The molecule has 0 heterocycles. The third-order valence-electron chi connectivity index (χ3n) is 1.96. The van der Waals surface area contributed by atoms with E-state index in [1.165, 1.54) is 18.2 Å². The molecular weight excluding hydrogens is 213 g/mol. The van der Waals surface area contributed by atoms with E-state index in [1.54, 1.807) is 6.07 Å². The number of para-hydroxylation sites is 1. The molecule has 0 saturated carbocycles. The van der Waals surface area contributed by atoms with Crippen LogP contribution in [0.15, 0.2) is 24.3 Å². The molecular formula is C9H11BNO5-. The zero-order valence-corrected chi connectivity index (χ0v) is 8.54. The van der Waals surface area contributed by atoms with E-state index >= 15 is 0 Å². The van der Waals surface area contributed by atoms with Crippen LogP contribution in [0.1, 0.15) is 6.42 Å². The molecule has 0 aliphatic carbocycles. The van der Waals surface area contributed by atoms with Gasteiger partial charge in [-0.3, -0.25) is 10.1 Å². The molecule has 16 heavy (non-hydrogen) atoms. The van der Waals surface area contributed by atoms with Crippen molar-refractivity contribution >= 4 is 18.3 Å². The minimum Gasteiger partial charge on any atom is -0.852 e. The summed E-state index contributed by atoms with van der Waals surface area (Å²) in [6, 6.07) is 5.66. The molecule has 0 amide bonds. The second kappa shape index (κ2) is 6.21. The van der Waals surface area contributed by atoms with Gasteiger partial charge in [0.25, 0.3) is 5.69 Å². The van der Waals surface area contributed by atoms with E-state index in [4.69, 9.17) is 9.76 Å². The minimum atomic E-state index is -1.59. The van der Waals surface area contributed by atoms with Crippen molar-refractivity contribution in [2.24, 2.45) is 0 Å². The van der Waals surface area contributed by atoms with Crippen LogP contribution in [0.4, 0.5) is 5.69 Å². The van der Waals surface area contributed by atoms with Gasteiger partial charge in [-0.2, -0.15) is 0 Å². The first kappa shape index (κ1) is 12.6. The molecule has 1 N–H and O–H groups in total. The van der Waals surface area contributed by atoms with Crippen LogP contribution in [0.3, 0.4) is 0 Å². The summed E-state index contributed by atoms with van der Waals surface area (Å²) >= 11 is 0. The Bertz CT molecular complexity index is 360. The van der Waals surface area contributed by atoms with Crippen molar-refractivity contribution in [2.45, 2.75) is 6.42 Å². The number of nitro groups is 1.